The van der Waals surface area contributed by atoms with Crippen molar-refractivity contribution in [1.29, 1.82) is 0 Å². The molecule has 0 heterocycles. The van der Waals surface area contributed by atoms with Crippen LogP contribution >= 0.6 is 0 Å². The fourth-order valence-electron chi connectivity index (χ4n) is 3.54. The van der Waals surface area contributed by atoms with Gasteiger partial charge in [-0.25, -0.2) is 4.79 Å². The number of rotatable bonds is 4. The van der Waals surface area contributed by atoms with E-state index in [9.17, 15) is 4.79 Å². The van der Waals surface area contributed by atoms with Crippen molar-refractivity contribution >= 4 is 5.97 Å². The van der Waals surface area contributed by atoms with Gasteiger partial charge < -0.3 is 4.74 Å². The van der Waals surface area contributed by atoms with Gasteiger partial charge in [-0.3, -0.25) is 0 Å². The average molecular weight is 274 g/mol. The van der Waals surface area contributed by atoms with Crippen LogP contribution in [0.3, 0.4) is 0 Å². The van der Waals surface area contributed by atoms with Crippen LogP contribution in [0, 0.1) is 18.3 Å². The van der Waals surface area contributed by atoms with Gasteiger partial charge in [0.15, 0.2) is 0 Å². The molecule has 0 radical (unpaired) electrons. The Morgan fingerprint density at radius 2 is 2.20 bits per heavy atom. The molecule has 0 amide bonds. The Kier molecular flexibility index (Phi) is 4.52. The van der Waals surface area contributed by atoms with Gasteiger partial charge in [0.25, 0.3) is 0 Å². The topological polar surface area (TPSA) is 26.3 Å². The molecule has 1 aromatic carbocycles. The molecule has 20 heavy (non-hydrogen) atoms. The SMILES string of the molecule is Cc1cccc(C(=O)OC2CCCC2(C)CC(C)C)c1. The van der Waals surface area contributed by atoms with Crippen LogP contribution in [0.25, 0.3) is 0 Å². The Morgan fingerprint density at radius 1 is 1.45 bits per heavy atom. The summed E-state index contributed by atoms with van der Waals surface area (Å²) in [5, 5.41) is 0. The van der Waals surface area contributed by atoms with Crippen molar-refractivity contribution in [3.63, 3.8) is 0 Å². The summed E-state index contributed by atoms with van der Waals surface area (Å²) < 4.78 is 5.83. The fourth-order valence-corrected chi connectivity index (χ4v) is 3.54. The summed E-state index contributed by atoms with van der Waals surface area (Å²) in [4.78, 5) is 12.3. The van der Waals surface area contributed by atoms with Gasteiger partial charge in [-0.1, -0.05) is 38.5 Å². The summed E-state index contributed by atoms with van der Waals surface area (Å²) in [7, 11) is 0. The lowest BCUT2D eigenvalue weighted by atomic mass is 9.79. The Bertz CT molecular complexity index is 478. The molecule has 0 bridgehead atoms. The van der Waals surface area contributed by atoms with Crippen LogP contribution in [0.5, 0.6) is 0 Å². The quantitative estimate of drug-likeness (QED) is 0.740. The maximum Gasteiger partial charge on any atom is 0.338 e. The first-order valence-corrected chi connectivity index (χ1v) is 7.68. The Morgan fingerprint density at radius 3 is 2.85 bits per heavy atom. The van der Waals surface area contributed by atoms with E-state index >= 15 is 0 Å². The zero-order valence-electron chi connectivity index (χ0n) is 13.1. The average Bonchev–Trinajstić information content (AvgIpc) is 2.69. The van der Waals surface area contributed by atoms with E-state index in [1.807, 2.05) is 31.2 Å². The van der Waals surface area contributed by atoms with Gasteiger partial charge in [0.1, 0.15) is 6.10 Å². The molecule has 1 fully saturated rings. The van der Waals surface area contributed by atoms with Gasteiger partial charge in [0.05, 0.1) is 5.56 Å². The fraction of sp³-hybridized carbons (Fsp3) is 0.611. The summed E-state index contributed by atoms with van der Waals surface area (Å²) in [6, 6.07) is 7.64. The number of carbonyl (C=O) groups is 1. The lowest BCUT2D eigenvalue weighted by Crippen LogP contribution is -2.32. The number of esters is 1. The van der Waals surface area contributed by atoms with E-state index in [2.05, 4.69) is 20.8 Å². The molecule has 0 aromatic heterocycles. The molecule has 0 saturated heterocycles. The highest BCUT2D eigenvalue weighted by molar-refractivity contribution is 5.89. The Balaban J connectivity index is 2.07. The molecule has 2 unspecified atom stereocenters. The van der Waals surface area contributed by atoms with Gasteiger partial charge in [-0.15, -0.1) is 0 Å². The molecule has 2 atom stereocenters. The predicted octanol–water partition coefficient (Wildman–Crippen LogP) is 4.76. The number of hydrogen-bond acceptors (Lipinski definition) is 2. The molecule has 0 N–H and O–H groups in total. The van der Waals surface area contributed by atoms with Crippen LogP contribution in [0.4, 0.5) is 0 Å². The van der Waals surface area contributed by atoms with Crippen LogP contribution < -0.4 is 0 Å². The van der Waals surface area contributed by atoms with E-state index in [4.69, 9.17) is 4.74 Å². The highest BCUT2D eigenvalue weighted by Gasteiger charge is 2.41. The minimum absolute atomic E-state index is 0.0675. The van der Waals surface area contributed by atoms with Crippen LogP contribution in [-0.2, 0) is 4.74 Å². The lowest BCUT2D eigenvalue weighted by molar-refractivity contribution is -0.00621. The predicted molar refractivity (Wildman–Crippen MR) is 81.8 cm³/mol. The monoisotopic (exact) mass is 274 g/mol. The van der Waals surface area contributed by atoms with E-state index in [1.54, 1.807) is 0 Å². The molecular formula is C18H26O2. The number of benzene rings is 1. The molecule has 1 aliphatic rings. The third kappa shape index (κ3) is 3.41. The van der Waals surface area contributed by atoms with E-state index < -0.39 is 0 Å². The molecular weight excluding hydrogens is 248 g/mol. The van der Waals surface area contributed by atoms with Crippen molar-refractivity contribution in [1.82, 2.24) is 0 Å². The maximum atomic E-state index is 12.3. The molecule has 2 heteroatoms. The first-order valence-electron chi connectivity index (χ1n) is 7.68. The second-order valence-electron chi connectivity index (χ2n) is 6.91. The normalized spacial score (nSPS) is 25.9. The van der Waals surface area contributed by atoms with E-state index in [-0.39, 0.29) is 17.5 Å². The van der Waals surface area contributed by atoms with E-state index in [0.717, 1.165) is 31.2 Å². The van der Waals surface area contributed by atoms with Crippen LogP contribution in [0.1, 0.15) is 62.4 Å². The van der Waals surface area contributed by atoms with E-state index in [0.29, 0.717) is 11.5 Å². The van der Waals surface area contributed by atoms with Gasteiger partial charge in [-0.2, -0.15) is 0 Å². The minimum atomic E-state index is -0.171. The molecule has 0 spiro atoms. The first kappa shape index (κ1) is 15.1. The number of hydrogen-bond donors (Lipinski definition) is 0. The van der Waals surface area contributed by atoms with Crippen molar-refractivity contribution < 1.29 is 9.53 Å². The van der Waals surface area contributed by atoms with Crippen LogP contribution in [0.15, 0.2) is 24.3 Å². The molecule has 1 saturated carbocycles. The largest absolute Gasteiger partial charge is 0.458 e. The van der Waals surface area contributed by atoms with Gasteiger partial charge in [0, 0.05) is 5.41 Å². The minimum Gasteiger partial charge on any atom is -0.458 e. The number of aryl methyl sites for hydroxylation is 1. The molecule has 0 aliphatic heterocycles. The Labute approximate surface area is 122 Å². The van der Waals surface area contributed by atoms with Crippen molar-refractivity contribution in [2.24, 2.45) is 11.3 Å². The van der Waals surface area contributed by atoms with Crippen LogP contribution in [0.2, 0.25) is 0 Å². The standard InChI is InChI=1S/C18H26O2/c1-13(2)12-18(4)10-6-9-16(18)20-17(19)15-8-5-7-14(3)11-15/h5,7-8,11,13,16H,6,9-10,12H2,1-4H3. The summed E-state index contributed by atoms with van der Waals surface area (Å²) in [5.74, 6) is 0.467. The zero-order chi connectivity index (χ0) is 14.8. The van der Waals surface area contributed by atoms with Crippen molar-refractivity contribution in [2.45, 2.75) is 59.5 Å². The van der Waals surface area contributed by atoms with Gasteiger partial charge in [0.2, 0.25) is 0 Å². The highest BCUT2D eigenvalue weighted by atomic mass is 16.5. The molecule has 1 aliphatic carbocycles. The molecule has 1 aromatic rings. The maximum absolute atomic E-state index is 12.3. The highest BCUT2D eigenvalue weighted by Crippen LogP contribution is 2.44. The third-order valence-electron chi connectivity index (χ3n) is 4.37. The van der Waals surface area contributed by atoms with Gasteiger partial charge >= 0.3 is 5.97 Å². The van der Waals surface area contributed by atoms with Crippen molar-refractivity contribution in [3.05, 3.63) is 35.4 Å². The smallest absolute Gasteiger partial charge is 0.338 e. The third-order valence-corrected chi connectivity index (χ3v) is 4.37. The second kappa shape index (κ2) is 5.99. The lowest BCUT2D eigenvalue weighted by Gasteiger charge is -2.32. The summed E-state index contributed by atoms with van der Waals surface area (Å²) in [6.45, 7) is 8.75. The zero-order valence-corrected chi connectivity index (χ0v) is 13.1. The van der Waals surface area contributed by atoms with Crippen molar-refractivity contribution in [2.75, 3.05) is 0 Å². The summed E-state index contributed by atoms with van der Waals surface area (Å²) in [6.07, 6.45) is 4.52. The summed E-state index contributed by atoms with van der Waals surface area (Å²) >= 11 is 0. The molecule has 110 valence electrons. The molecule has 2 rings (SSSR count). The van der Waals surface area contributed by atoms with Gasteiger partial charge in [-0.05, 0) is 50.7 Å². The number of ether oxygens (including phenoxy) is 1. The molecule has 2 nitrogen and oxygen atoms in total. The first-order chi connectivity index (χ1) is 9.40. The van der Waals surface area contributed by atoms with E-state index in [1.165, 1.54) is 0 Å². The number of carbonyl (C=O) groups excluding carboxylic acids is 1. The Hall–Kier alpha value is -1.31. The van der Waals surface area contributed by atoms with Crippen molar-refractivity contribution in [3.8, 4) is 0 Å². The second-order valence-corrected chi connectivity index (χ2v) is 6.91. The van der Waals surface area contributed by atoms with Crippen LogP contribution in [-0.4, -0.2) is 12.1 Å². The summed E-state index contributed by atoms with van der Waals surface area (Å²) in [5.41, 5.74) is 1.91.